The summed E-state index contributed by atoms with van der Waals surface area (Å²) in [5.41, 5.74) is 7.30. The Morgan fingerprint density at radius 3 is 2.43 bits per heavy atom. The number of nitrogens with two attached hydrogens (primary N) is 1. The third-order valence-corrected chi connectivity index (χ3v) is 5.51. The van der Waals surface area contributed by atoms with E-state index in [0.717, 1.165) is 19.5 Å². The van der Waals surface area contributed by atoms with Gasteiger partial charge in [-0.15, -0.1) is 12.4 Å². The van der Waals surface area contributed by atoms with Crippen molar-refractivity contribution in [3.8, 4) is 0 Å². The molecule has 23 heavy (non-hydrogen) atoms. The Bertz CT molecular complexity index is 487. The molecule has 2 fully saturated rings. The first-order chi connectivity index (χ1) is 10.8. The second-order valence-electron chi connectivity index (χ2n) is 7.02. The number of likely N-dealkylation sites (tertiary alicyclic amines) is 1. The fourth-order valence-corrected chi connectivity index (χ4v) is 4.16. The van der Waals surface area contributed by atoms with E-state index in [-0.39, 0.29) is 12.4 Å². The lowest BCUT2D eigenvalue weighted by atomic mass is 9.86. The van der Waals surface area contributed by atoms with Gasteiger partial charge in [-0.1, -0.05) is 49.6 Å². The van der Waals surface area contributed by atoms with Crippen molar-refractivity contribution in [2.24, 2.45) is 17.6 Å². The lowest BCUT2D eigenvalue weighted by Gasteiger charge is -2.24. The fourth-order valence-electron chi connectivity index (χ4n) is 4.16. The van der Waals surface area contributed by atoms with Gasteiger partial charge in [0.25, 0.3) is 0 Å². The monoisotopic (exact) mass is 336 g/mol. The zero-order chi connectivity index (χ0) is 15.4. The van der Waals surface area contributed by atoms with E-state index in [0.29, 0.717) is 30.2 Å². The highest BCUT2D eigenvalue weighted by atomic mass is 35.5. The van der Waals surface area contributed by atoms with Crippen LogP contribution in [0.1, 0.15) is 50.0 Å². The lowest BCUT2D eigenvalue weighted by Crippen LogP contribution is -2.31. The molecule has 1 amide bonds. The van der Waals surface area contributed by atoms with Crippen molar-refractivity contribution in [2.75, 3.05) is 19.6 Å². The molecule has 0 bridgehead atoms. The first-order valence-corrected chi connectivity index (χ1v) is 8.80. The summed E-state index contributed by atoms with van der Waals surface area (Å²) >= 11 is 0. The first kappa shape index (κ1) is 18.3. The van der Waals surface area contributed by atoms with Gasteiger partial charge in [-0.25, -0.2) is 0 Å². The van der Waals surface area contributed by atoms with Crippen molar-refractivity contribution in [2.45, 2.75) is 44.4 Å². The molecule has 2 aliphatic rings. The van der Waals surface area contributed by atoms with Crippen LogP contribution >= 0.6 is 12.4 Å². The topological polar surface area (TPSA) is 46.3 Å². The summed E-state index contributed by atoms with van der Waals surface area (Å²) in [5, 5.41) is 0. The summed E-state index contributed by atoms with van der Waals surface area (Å²) in [7, 11) is 0. The van der Waals surface area contributed by atoms with E-state index >= 15 is 0 Å². The predicted molar refractivity (Wildman–Crippen MR) is 96.7 cm³/mol. The van der Waals surface area contributed by atoms with Crippen molar-refractivity contribution in [1.82, 2.24) is 4.90 Å². The molecule has 4 heteroatoms. The van der Waals surface area contributed by atoms with Gasteiger partial charge in [0.05, 0.1) is 0 Å². The van der Waals surface area contributed by atoms with Crippen LogP contribution in [-0.2, 0) is 4.79 Å². The molecule has 3 nitrogen and oxygen atoms in total. The van der Waals surface area contributed by atoms with Gasteiger partial charge < -0.3 is 10.6 Å². The van der Waals surface area contributed by atoms with Crippen molar-refractivity contribution in [3.63, 3.8) is 0 Å². The maximum Gasteiger partial charge on any atom is 0.222 e. The van der Waals surface area contributed by atoms with Gasteiger partial charge in [-0.05, 0) is 36.8 Å². The number of hydrogen-bond acceptors (Lipinski definition) is 2. The van der Waals surface area contributed by atoms with Crippen LogP contribution in [0.5, 0.6) is 0 Å². The summed E-state index contributed by atoms with van der Waals surface area (Å²) in [4.78, 5) is 14.7. The van der Waals surface area contributed by atoms with Gasteiger partial charge in [0.2, 0.25) is 5.91 Å². The van der Waals surface area contributed by atoms with Crippen LogP contribution in [0.3, 0.4) is 0 Å². The average molecular weight is 337 g/mol. The largest absolute Gasteiger partial charge is 0.342 e. The molecule has 1 heterocycles. The normalized spacial score (nSPS) is 25.2. The number of benzene rings is 1. The average Bonchev–Trinajstić information content (AvgIpc) is 3.01. The Morgan fingerprint density at radius 2 is 1.78 bits per heavy atom. The molecule has 1 saturated heterocycles. The maximum atomic E-state index is 12.6. The molecule has 1 aromatic rings. The Balaban J connectivity index is 0.00000192. The van der Waals surface area contributed by atoms with Crippen molar-refractivity contribution < 1.29 is 4.79 Å². The summed E-state index contributed by atoms with van der Waals surface area (Å²) in [6, 6.07) is 10.5. The minimum absolute atomic E-state index is 0. The molecular formula is C19H29ClN2O. The van der Waals surface area contributed by atoms with Crippen LogP contribution in [0.2, 0.25) is 0 Å². The highest BCUT2D eigenvalue weighted by Gasteiger charge is 2.35. The summed E-state index contributed by atoms with van der Waals surface area (Å²) < 4.78 is 0. The predicted octanol–water partition coefficient (Wildman–Crippen LogP) is 3.58. The number of hydrogen-bond donors (Lipinski definition) is 1. The third-order valence-electron chi connectivity index (χ3n) is 5.51. The Morgan fingerprint density at radius 1 is 1.09 bits per heavy atom. The Labute approximate surface area is 146 Å². The van der Waals surface area contributed by atoms with E-state index in [1.807, 2.05) is 6.07 Å². The van der Waals surface area contributed by atoms with E-state index in [9.17, 15) is 4.79 Å². The molecule has 1 aliphatic carbocycles. The smallest absolute Gasteiger partial charge is 0.222 e. The van der Waals surface area contributed by atoms with E-state index in [1.165, 1.54) is 37.7 Å². The number of amides is 1. The number of halogens is 1. The van der Waals surface area contributed by atoms with Gasteiger partial charge in [-0.2, -0.15) is 0 Å². The molecule has 2 N–H and O–H groups in total. The third kappa shape index (κ3) is 4.48. The fraction of sp³-hybridized carbons (Fsp3) is 0.632. The standard InChI is InChI=1S/C19H28N2O.ClH/c20-12-17-13-21(14-18(17)16-9-5-2-6-10-16)19(22)11-15-7-3-1-4-8-15;/h2,5-6,9-10,15,17-18H,1,3-4,7-8,11-14,20H2;1H/t17-,18+;/m1./s1. The molecule has 128 valence electrons. The molecule has 1 saturated carbocycles. The number of nitrogens with zero attached hydrogens (tertiary/aromatic N) is 1. The van der Waals surface area contributed by atoms with Gasteiger partial charge in [0, 0.05) is 25.4 Å². The minimum atomic E-state index is 0. The van der Waals surface area contributed by atoms with Crippen molar-refractivity contribution >= 4 is 18.3 Å². The summed E-state index contributed by atoms with van der Waals surface area (Å²) in [6.45, 7) is 2.34. The molecule has 0 unspecified atom stereocenters. The highest BCUT2D eigenvalue weighted by Crippen LogP contribution is 2.34. The maximum absolute atomic E-state index is 12.6. The van der Waals surface area contributed by atoms with E-state index < -0.39 is 0 Å². The van der Waals surface area contributed by atoms with E-state index in [4.69, 9.17) is 5.73 Å². The van der Waals surface area contributed by atoms with E-state index in [1.54, 1.807) is 0 Å². The Hall–Kier alpha value is -1.06. The molecular weight excluding hydrogens is 308 g/mol. The molecule has 0 spiro atoms. The van der Waals surface area contributed by atoms with Crippen LogP contribution < -0.4 is 5.73 Å². The SMILES string of the molecule is Cl.NC[C@@H]1CN(C(=O)CC2CCCCC2)C[C@H]1c1ccccc1. The zero-order valence-corrected chi connectivity index (χ0v) is 14.6. The van der Waals surface area contributed by atoms with Crippen LogP contribution in [0.25, 0.3) is 0 Å². The van der Waals surface area contributed by atoms with Gasteiger partial charge in [-0.3, -0.25) is 4.79 Å². The molecule has 2 atom stereocenters. The van der Waals surface area contributed by atoms with Crippen LogP contribution in [0, 0.1) is 11.8 Å². The van der Waals surface area contributed by atoms with Crippen LogP contribution in [0.4, 0.5) is 0 Å². The molecule has 0 aromatic heterocycles. The van der Waals surface area contributed by atoms with Crippen molar-refractivity contribution in [3.05, 3.63) is 35.9 Å². The van der Waals surface area contributed by atoms with Crippen molar-refractivity contribution in [1.29, 1.82) is 0 Å². The quantitative estimate of drug-likeness (QED) is 0.913. The van der Waals surface area contributed by atoms with Gasteiger partial charge >= 0.3 is 0 Å². The number of rotatable bonds is 4. The summed E-state index contributed by atoms with van der Waals surface area (Å²) in [6.07, 6.45) is 7.18. The van der Waals surface area contributed by atoms with Gasteiger partial charge in [0.15, 0.2) is 0 Å². The number of carbonyl (C=O) groups is 1. The minimum Gasteiger partial charge on any atom is -0.342 e. The highest BCUT2D eigenvalue weighted by molar-refractivity contribution is 5.85. The molecule has 3 rings (SSSR count). The van der Waals surface area contributed by atoms with Crippen LogP contribution in [-0.4, -0.2) is 30.4 Å². The summed E-state index contributed by atoms with van der Waals surface area (Å²) in [5.74, 6) is 1.77. The Kier molecular flexibility index (Phi) is 6.91. The second kappa shape index (κ2) is 8.70. The zero-order valence-electron chi connectivity index (χ0n) is 13.8. The second-order valence-corrected chi connectivity index (χ2v) is 7.02. The molecule has 1 aliphatic heterocycles. The molecule has 0 radical (unpaired) electrons. The van der Waals surface area contributed by atoms with Gasteiger partial charge in [0.1, 0.15) is 0 Å². The first-order valence-electron chi connectivity index (χ1n) is 8.80. The van der Waals surface area contributed by atoms with E-state index in [2.05, 4.69) is 29.2 Å². The lowest BCUT2D eigenvalue weighted by molar-refractivity contribution is -0.131. The van der Waals surface area contributed by atoms with Crippen LogP contribution in [0.15, 0.2) is 30.3 Å². The number of carbonyl (C=O) groups excluding carboxylic acids is 1. The molecule has 1 aromatic carbocycles.